The zero-order chi connectivity index (χ0) is 32.1. The highest BCUT2D eigenvalue weighted by Gasteiger charge is 2.26. The molecule has 4 heterocycles. The fourth-order valence-corrected chi connectivity index (χ4v) is 8.30. The maximum absolute atomic E-state index is 13.1. The van der Waals surface area contributed by atoms with Gasteiger partial charge in [0.05, 0.1) is 33.8 Å². The maximum atomic E-state index is 13.1. The molecule has 4 aliphatic rings. The van der Waals surface area contributed by atoms with Gasteiger partial charge < -0.3 is 20.1 Å². The average molecular weight is 682 g/mol. The van der Waals surface area contributed by atoms with Gasteiger partial charge in [-0.05, 0) is 127 Å². The van der Waals surface area contributed by atoms with Gasteiger partial charge in [0.1, 0.15) is 11.6 Å². The van der Waals surface area contributed by atoms with Crippen LogP contribution in [0.25, 0.3) is 0 Å². The van der Waals surface area contributed by atoms with Crippen molar-refractivity contribution in [2.24, 2.45) is 11.8 Å². The van der Waals surface area contributed by atoms with Crippen molar-refractivity contribution >= 4 is 23.2 Å². The van der Waals surface area contributed by atoms with Gasteiger partial charge in [0.25, 0.3) is 0 Å². The van der Waals surface area contributed by atoms with Gasteiger partial charge in [0, 0.05) is 50.3 Å². The van der Waals surface area contributed by atoms with Gasteiger partial charge in [-0.3, -0.25) is 9.97 Å². The highest BCUT2D eigenvalue weighted by atomic mass is 35.5. The first-order valence-electron chi connectivity index (χ1n) is 17.7. The van der Waals surface area contributed by atoms with E-state index in [1.165, 1.54) is 63.1 Å². The zero-order valence-corrected chi connectivity index (χ0v) is 28.7. The number of halogens is 4. The molecule has 6 nitrogen and oxygen atoms in total. The molecule has 0 aromatic carbocycles. The second-order valence-electron chi connectivity index (χ2n) is 13.7. The molecular weight excluding hydrogens is 629 g/mol. The molecule has 0 radical (unpaired) electrons. The summed E-state index contributed by atoms with van der Waals surface area (Å²) in [6.45, 7) is 5.80. The second kappa shape index (κ2) is 18.9. The lowest BCUT2D eigenvalue weighted by atomic mass is 9.79. The minimum Gasteiger partial charge on any atom is -0.381 e. The minimum absolute atomic E-state index is 0.355. The van der Waals surface area contributed by atoms with Gasteiger partial charge in [-0.15, -0.1) is 0 Å². The van der Waals surface area contributed by atoms with Crippen molar-refractivity contribution in [3.8, 4) is 0 Å². The molecule has 4 fully saturated rings. The van der Waals surface area contributed by atoms with Gasteiger partial charge in [-0.1, -0.05) is 23.2 Å². The molecule has 256 valence electrons. The van der Waals surface area contributed by atoms with E-state index in [1.54, 1.807) is 0 Å². The quantitative estimate of drug-likeness (QED) is 0.262. The Morgan fingerprint density at radius 1 is 0.587 bits per heavy atom. The van der Waals surface area contributed by atoms with Crippen LogP contribution >= 0.6 is 23.2 Å². The Morgan fingerprint density at radius 2 is 0.957 bits per heavy atom. The first-order valence-corrected chi connectivity index (χ1v) is 18.4. The number of rotatable bonds is 10. The summed E-state index contributed by atoms with van der Waals surface area (Å²) in [5.41, 5.74) is 1.76. The molecule has 0 spiro atoms. The molecule has 0 unspecified atom stereocenters. The molecule has 2 saturated carbocycles. The molecule has 2 aliphatic heterocycles. The highest BCUT2D eigenvalue weighted by Crippen LogP contribution is 2.40. The topological polar surface area (TPSA) is 68.3 Å². The molecule has 2 aliphatic carbocycles. The lowest BCUT2D eigenvalue weighted by molar-refractivity contribution is 0.0773. The lowest BCUT2D eigenvalue weighted by Crippen LogP contribution is -2.36. The van der Waals surface area contributed by atoms with E-state index in [4.69, 9.17) is 32.7 Å². The Hall–Kier alpha value is -1.42. The second-order valence-corrected chi connectivity index (χ2v) is 14.5. The molecular formula is C36H52Cl2F2N4O2. The SMILES string of the molecule is Fc1cnc(C2CCC(CCNC3CCOCC3)CC2)c(Cl)c1.Fc1cnc(C2CCC(CCNC3CCOCC3)CC2)c(Cl)c1. The first kappa shape index (κ1) is 35.9. The molecule has 0 atom stereocenters. The van der Waals surface area contributed by atoms with E-state index < -0.39 is 0 Å². The van der Waals surface area contributed by atoms with E-state index in [0.29, 0.717) is 34.0 Å². The molecule has 46 heavy (non-hydrogen) atoms. The summed E-state index contributed by atoms with van der Waals surface area (Å²) < 4.78 is 37.0. The Kier molecular flexibility index (Phi) is 14.8. The molecule has 10 heteroatoms. The Balaban J connectivity index is 0.000000181. The summed E-state index contributed by atoms with van der Waals surface area (Å²) in [6.07, 6.45) is 18.9. The average Bonchev–Trinajstić information content (AvgIpc) is 3.07. The van der Waals surface area contributed by atoms with E-state index in [0.717, 1.165) is 114 Å². The smallest absolute Gasteiger partial charge is 0.142 e. The van der Waals surface area contributed by atoms with Crippen molar-refractivity contribution in [1.82, 2.24) is 20.6 Å². The third-order valence-electron chi connectivity index (χ3n) is 10.6. The summed E-state index contributed by atoms with van der Waals surface area (Å²) >= 11 is 12.3. The number of ether oxygens (including phenoxy) is 2. The summed E-state index contributed by atoms with van der Waals surface area (Å²) in [5, 5.41) is 8.31. The van der Waals surface area contributed by atoms with Crippen LogP contribution in [0.5, 0.6) is 0 Å². The summed E-state index contributed by atoms with van der Waals surface area (Å²) in [6, 6.07) is 4.05. The van der Waals surface area contributed by atoms with Crippen LogP contribution in [0.4, 0.5) is 8.78 Å². The van der Waals surface area contributed by atoms with Crippen molar-refractivity contribution in [2.75, 3.05) is 39.5 Å². The largest absolute Gasteiger partial charge is 0.381 e. The minimum atomic E-state index is -0.355. The summed E-state index contributed by atoms with van der Waals surface area (Å²) in [7, 11) is 0. The highest BCUT2D eigenvalue weighted by molar-refractivity contribution is 6.31. The van der Waals surface area contributed by atoms with Crippen LogP contribution < -0.4 is 10.6 Å². The lowest BCUT2D eigenvalue weighted by Gasteiger charge is -2.29. The molecule has 2 N–H and O–H groups in total. The van der Waals surface area contributed by atoms with Crippen molar-refractivity contribution < 1.29 is 18.3 Å². The van der Waals surface area contributed by atoms with Crippen LogP contribution in [0.3, 0.4) is 0 Å². The van der Waals surface area contributed by atoms with Gasteiger partial charge in [0.15, 0.2) is 0 Å². The fourth-order valence-electron chi connectivity index (χ4n) is 7.69. The van der Waals surface area contributed by atoms with Gasteiger partial charge in [0.2, 0.25) is 0 Å². The van der Waals surface area contributed by atoms with Crippen LogP contribution in [0.15, 0.2) is 24.5 Å². The Bertz CT molecular complexity index is 1090. The van der Waals surface area contributed by atoms with Crippen LogP contribution in [0, 0.1) is 23.5 Å². The normalized spacial score (nSPS) is 26.3. The number of nitrogens with zero attached hydrogens (tertiary/aromatic N) is 2. The monoisotopic (exact) mass is 680 g/mol. The summed E-state index contributed by atoms with van der Waals surface area (Å²) in [4.78, 5) is 8.44. The molecule has 2 saturated heterocycles. The Morgan fingerprint density at radius 3 is 1.30 bits per heavy atom. The number of hydrogen-bond acceptors (Lipinski definition) is 6. The van der Waals surface area contributed by atoms with E-state index in [-0.39, 0.29) is 11.6 Å². The number of aromatic nitrogens is 2. The maximum Gasteiger partial charge on any atom is 0.142 e. The van der Waals surface area contributed by atoms with E-state index in [2.05, 4.69) is 20.6 Å². The number of hydrogen-bond donors (Lipinski definition) is 2. The van der Waals surface area contributed by atoms with Crippen LogP contribution in [-0.4, -0.2) is 61.6 Å². The standard InChI is InChI=1S/2C18H26ClFN2O/c2*19-17-11-15(20)12-22-18(17)14-3-1-13(2-4-14)5-8-21-16-6-9-23-10-7-16/h2*11-14,16,21H,1-10H2. The predicted molar refractivity (Wildman–Crippen MR) is 181 cm³/mol. The Labute approximate surface area is 284 Å². The van der Waals surface area contributed by atoms with Crippen molar-refractivity contribution in [3.05, 3.63) is 57.6 Å². The van der Waals surface area contributed by atoms with E-state index >= 15 is 0 Å². The number of nitrogens with one attached hydrogen (secondary N) is 2. The number of pyridine rings is 2. The fraction of sp³-hybridized carbons (Fsp3) is 0.722. The van der Waals surface area contributed by atoms with E-state index in [9.17, 15) is 8.78 Å². The van der Waals surface area contributed by atoms with Crippen LogP contribution in [-0.2, 0) is 9.47 Å². The van der Waals surface area contributed by atoms with Crippen molar-refractivity contribution in [1.29, 1.82) is 0 Å². The van der Waals surface area contributed by atoms with Gasteiger partial charge in [-0.2, -0.15) is 0 Å². The van der Waals surface area contributed by atoms with Gasteiger partial charge >= 0.3 is 0 Å². The molecule has 0 bridgehead atoms. The molecule has 0 amide bonds. The summed E-state index contributed by atoms with van der Waals surface area (Å²) in [5.74, 6) is 1.65. The van der Waals surface area contributed by atoms with Gasteiger partial charge in [-0.25, -0.2) is 8.78 Å². The predicted octanol–water partition coefficient (Wildman–Crippen LogP) is 8.61. The molecule has 2 aromatic rings. The van der Waals surface area contributed by atoms with Crippen molar-refractivity contribution in [3.63, 3.8) is 0 Å². The molecule has 2 aromatic heterocycles. The van der Waals surface area contributed by atoms with E-state index in [1.807, 2.05) is 0 Å². The third-order valence-corrected chi connectivity index (χ3v) is 11.2. The van der Waals surface area contributed by atoms with Crippen LogP contribution in [0.1, 0.15) is 113 Å². The first-order chi connectivity index (χ1) is 22.4. The molecule has 6 rings (SSSR count). The van der Waals surface area contributed by atoms with Crippen LogP contribution in [0.2, 0.25) is 10.0 Å². The van der Waals surface area contributed by atoms with Crippen molar-refractivity contribution in [2.45, 2.75) is 114 Å². The zero-order valence-electron chi connectivity index (χ0n) is 27.1. The third kappa shape index (κ3) is 11.3.